The molecule has 1 aromatic rings. The molecular weight excluding hydrogens is 304 g/mol. The molecule has 9 nitrogen and oxygen atoms in total. The van der Waals surface area contributed by atoms with E-state index in [4.69, 9.17) is 10.2 Å². The van der Waals surface area contributed by atoms with E-state index in [0.717, 1.165) is 12.1 Å². The summed E-state index contributed by atoms with van der Waals surface area (Å²) in [7, 11) is 2.91. The zero-order valence-electron chi connectivity index (χ0n) is 10.9. The smallest absolute Gasteiger partial charge is 0.342 e. The third-order valence-electron chi connectivity index (χ3n) is 2.30. The molecule has 2 N–H and O–H groups in total. The number of hydrogen-bond donors (Lipinski definition) is 2. The first kappa shape index (κ1) is 16.4. The summed E-state index contributed by atoms with van der Waals surface area (Å²) in [5.74, 6) is -3.30. The lowest BCUT2D eigenvalue weighted by atomic mass is 10.1. The van der Waals surface area contributed by atoms with Crippen molar-refractivity contribution in [1.29, 1.82) is 0 Å². The van der Waals surface area contributed by atoms with E-state index in [1.165, 1.54) is 19.0 Å². The summed E-state index contributed by atoms with van der Waals surface area (Å²) in [5.41, 5.74) is -2.58. The zero-order chi connectivity index (χ0) is 16.3. The molecule has 10 heteroatoms. The first-order valence-corrected chi connectivity index (χ1v) is 6.15. The van der Waals surface area contributed by atoms with Crippen molar-refractivity contribution < 1.29 is 29.5 Å². The van der Waals surface area contributed by atoms with Gasteiger partial charge in [0, 0.05) is 19.0 Å². The van der Waals surface area contributed by atoms with Crippen LogP contribution in [0.2, 0.25) is 0 Å². The van der Waals surface area contributed by atoms with E-state index in [1.807, 2.05) is 0 Å². The van der Waals surface area contributed by atoms with Crippen LogP contribution in [-0.4, -0.2) is 51.3 Å². The highest BCUT2D eigenvalue weighted by molar-refractivity contribution is 8.13. The summed E-state index contributed by atoms with van der Waals surface area (Å²) in [6.45, 7) is 0. The van der Waals surface area contributed by atoms with Gasteiger partial charge in [0.15, 0.2) is 0 Å². The summed E-state index contributed by atoms with van der Waals surface area (Å²) < 4.78 is 0. The number of carbonyl (C=O) groups is 3. The van der Waals surface area contributed by atoms with E-state index in [0.29, 0.717) is 11.8 Å². The topological polar surface area (TPSA) is 138 Å². The van der Waals surface area contributed by atoms with Crippen molar-refractivity contribution in [3.05, 3.63) is 33.4 Å². The molecule has 112 valence electrons. The Morgan fingerprint density at radius 1 is 1.14 bits per heavy atom. The quantitative estimate of drug-likeness (QED) is 0.487. The van der Waals surface area contributed by atoms with Crippen LogP contribution in [0, 0.1) is 10.1 Å². The molecule has 0 bridgehead atoms. The van der Waals surface area contributed by atoms with Gasteiger partial charge in [-0.15, -0.1) is 0 Å². The summed E-state index contributed by atoms with van der Waals surface area (Å²) in [6.07, 6.45) is 0. The molecule has 0 aliphatic rings. The van der Waals surface area contributed by atoms with Crippen molar-refractivity contribution in [3.63, 3.8) is 0 Å². The van der Waals surface area contributed by atoms with Crippen molar-refractivity contribution in [3.8, 4) is 0 Å². The van der Waals surface area contributed by atoms with E-state index in [-0.39, 0.29) is 4.90 Å². The molecular formula is C11H10N2O7S. The van der Waals surface area contributed by atoms with Crippen molar-refractivity contribution in [1.82, 2.24) is 4.90 Å². The normalized spacial score (nSPS) is 10.0. The minimum atomic E-state index is -1.65. The van der Waals surface area contributed by atoms with Crippen LogP contribution in [0.5, 0.6) is 0 Å². The monoisotopic (exact) mass is 314 g/mol. The number of carboxylic acid groups (broad SMARTS) is 2. The molecule has 1 aromatic carbocycles. The summed E-state index contributed by atoms with van der Waals surface area (Å²) >= 11 is 0.573. The minimum Gasteiger partial charge on any atom is -0.477 e. The fourth-order valence-electron chi connectivity index (χ4n) is 1.38. The Balaban J connectivity index is 3.51. The molecule has 1 rings (SSSR count). The molecule has 0 saturated carbocycles. The molecule has 0 aliphatic heterocycles. The van der Waals surface area contributed by atoms with Gasteiger partial charge >= 0.3 is 11.9 Å². The van der Waals surface area contributed by atoms with E-state index in [2.05, 4.69) is 0 Å². The maximum Gasteiger partial charge on any atom is 0.342 e. The van der Waals surface area contributed by atoms with Gasteiger partial charge in [-0.05, 0) is 23.9 Å². The maximum absolute atomic E-state index is 11.6. The lowest BCUT2D eigenvalue weighted by Gasteiger charge is -2.10. The molecule has 0 saturated heterocycles. The number of carboxylic acids is 2. The molecule has 0 radical (unpaired) electrons. The Morgan fingerprint density at radius 2 is 1.57 bits per heavy atom. The van der Waals surface area contributed by atoms with Crippen LogP contribution < -0.4 is 0 Å². The van der Waals surface area contributed by atoms with Crippen molar-refractivity contribution in [2.45, 2.75) is 4.90 Å². The van der Waals surface area contributed by atoms with Crippen molar-refractivity contribution in [2.75, 3.05) is 14.1 Å². The number of hydrogen-bond acceptors (Lipinski definition) is 6. The molecule has 21 heavy (non-hydrogen) atoms. The Labute approximate surface area is 122 Å². The Kier molecular flexibility index (Phi) is 4.87. The van der Waals surface area contributed by atoms with Crippen LogP contribution in [0.4, 0.5) is 10.5 Å². The Morgan fingerprint density at radius 3 is 1.86 bits per heavy atom. The highest BCUT2D eigenvalue weighted by Crippen LogP contribution is 2.31. The predicted octanol–water partition coefficient (Wildman–Crippen LogP) is 1.76. The number of aromatic carboxylic acids is 2. The lowest BCUT2D eigenvalue weighted by molar-refractivity contribution is -0.385. The van der Waals surface area contributed by atoms with Crippen LogP contribution in [0.1, 0.15) is 20.7 Å². The molecule has 0 fully saturated rings. The standard InChI is InChI=1S/C11H10N2O7S/c1-12(2)11(18)21-5-3-6(9(14)15)8(13(19)20)7(4-5)10(16)17/h3-4H,1-2H3,(H,14,15)(H,16,17). The summed E-state index contributed by atoms with van der Waals surface area (Å²) in [6, 6.07) is 1.80. The second kappa shape index (κ2) is 6.22. The number of thioether (sulfide) groups is 1. The fraction of sp³-hybridized carbons (Fsp3) is 0.182. The fourth-order valence-corrected chi connectivity index (χ4v) is 2.12. The first-order valence-electron chi connectivity index (χ1n) is 5.33. The van der Waals surface area contributed by atoms with Gasteiger partial charge < -0.3 is 15.1 Å². The van der Waals surface area contributed by atoms with Crippen LogP contribution >= 0.6 is 11.8 Å². The van der Waals surface area contributed by atoms with Gasteiger partial charge in [-0.25, -0.2) is 9.59 Å². The van der Waals surface area contributed by atoms with Gasteiger partial charge in [0.1, 0.15) is 11.1 Å². The van der Waals surface area contributed by atoms with E-state index in [9.17, 15) is 24.5 Å². The molecule has 0 aromatic heterocycles. The molecule has 1 amide bonds. The van der Waals surface area contributed by atoms with Crippen LogP contribution in [0.15, 0.2) is 17.0 Å². The molecule has 0 spiro atoms. The van der Waals surface area contributed by atoms with Gasteiger partial charge in [-0.1, -0.05) is 0 Å². The number of nitro benzene ring substituents is 1. The van der Waals surface area contributed by atoms with E-state index >= 15 is 0 Å². The molecule has 0 heterocycles. The van der Waals surface area contributed by atoms with Gasteiger partial charge in [0.2, 0.25) is 0 Å². The van der Waals surface area contributed by atoms with Gasteiger partial charge in [-0.3, -0.25) is 14.9 Å². The number of benzene rings is 1. The molecule has 0 atom stereocenters. The third-order valence-corrected chi connectivity index (χ3v) is 3.31. The maximum atomic E-state index is 11.6. The van der Waals surface area contributed by atoms with E-state index < -0.39 is 38.9 Å². The highest BCUT2D eigenvalue weighted by Gasteiger charge is 2.30. The van der Waals surface area contributed by atoms with E-state index in [1.54, 1.807) is 0 Å². The SMILES string of the molecule is CN(C)C(=O)Sc1cc(C(=O)O)c([N+](=O)[O-])c(C(=O)O)c1. The van der Waals surface area contributed by atoms with Gasteiger partial charge in [0.25, 0.3) is 10.9 Å². The second-order valence-corrected chi connectivity index (χ2v) is 5.02. The lowest BCUT2D eigenvalue weighted by Crippen LogP contribution is -2.16. The average molecular weight is 314 g/mol. The third kappa shape index (κ3) is 3.69. The van der Waals surface area contributed by atoms with Crippen LogP contribution in [0.25, 0.3) is 0 Å². The van der Waals surface area contributed by atoms with Crippen molar-refractivity contribution in [2.24, 2.45) is 0 Å². The average Bonchev–Trinajstić information content (AvgIpc) is 2.36. The highest BCUT2D eigenvalue weighted by atomic mass is 32.2. The Hall–Kier alpha value is -2.62. The van der Waals surface area contributed by atoms with Gasteiger partial charge in [0.05, 0.1) is 4.92 Å². The number of nitrogens with zero attached hydrogens (tertiary/aromatic N) is 2. The second-order valence-electron chi connectivity index (χ2n) is 4.00. The summed E-state index contributed by atoms with van der Waals surface area (Å²) in [5, 5.41) is 28.4. The number of rotatable bonds is 4. The largest absolute Gasteiger partial charge is 0.477 e. The number of nitro groups is 1. The van der Waals surface area contributed by atoms with Crippen LogP contribution in [-0.2, 0) is 0 Å². The number of carbonyl (C=O) groups excluding carboxylic acids is 1. The first-order chi connectivity index (χ1) is 9.65. The predicted molar refractivity (Wildman–Crippen MR) is 72.0 cm³/mol. The van der Waals surface area contributed by atoms with Crippen LogP contribution in [0.3, 0.4) is 0 Å². The number of amides is 1. The molecule has 0 unspecified atom stereocenters. The zero-order valence-corrected chi connectivity index (χ0v) is 11.7. The minimum absolute atomic E-state index is 0.00546. The Bertz CT molecular complexity index is 606. The molecule has 0 aliphatic carbocycles. The summed E-state index contributed by atoms with van der Waals surface area (Å²) in [4.78, 5) is 44.7. The van der Waals surface area contributed by atoms with Gasteiger partial charge in [-0.2, -0.15) is 0 Å². The van der Waals surface area contributed by atoms with Crippen molar-refractivity contribution >= 4 is 34.6 Å².